The quantitative estimate of drug-likeness (QED) is 0.213. The van der Waals surface area contributed by atoms with Crippen molar-refractivity contribution in [2.75, 3.05) is 5.75 Å². The molecule has 0 fully saturated rings. The largest absolute Gasteiger partial charge is 0.433 e. The molecular formula is C20H12F6N2S3. The Bertz CT molecular complexity index is 1220. The molecule has 4 aromatic rings. The van der Waals surface area contributed by atoms with Crippen molar-refractivity contribution < 1.29 is 26.3 Å². The number of pyridine rings is 1. The third-order valence-electron chi connectivity index (χ3n) is 4.25. The maximum Gasteiger partial charge on any atom is 0.433 e. The van der Waals surface area contributed by atoms with E-state index < -0.39 is 23.6 Å². The van der Waals surface area contributed by atoms with Crippen LogP contribution in [0.1, 0.15) is 18.2 Å². The highest BCUT2D eigenvalue weighted by Gasteiger charge is 2.33. The fourth-order valence-corrected chi connectivity index (χ4v) is 6.08. The summed E-state index contributed by atoms with van der Waals surface area (Å²) in [7, 11) is 0. The smallest absolute Gasteiger partial charge is 0.250 e. The first kappa shape index (κ1) is 22.1. The van der Waals surface area contributed by atoms with Crippen LogP contribution in [0.2, 0.25) is 0 Å². The third-order valence-corrected chi connectivity index (χ3v) is 7.65. The number of benzene rings is 1. The maximum atomic E-state index is 12.9. The normalized spacial score (nSPS) is 12.6. The van der Waals surface area contributed by atoms with Crippen LogP contribution >= 0.6 is 34.4 Å². The van der Waals surface area contributed by atoms with Gasteiger partial charge in [-0.2, -0.15) is 26.3 Å². The molecule has 162 valence electrons. The molecule has 0 amide bonds. The summed E-state index contributed by atoms with van der Waals surface area (Å²) >= 11 is 4.12. The molecular weight excluding hydrogens is 478 g/mol. The van der Waals surface area contributed by atoms with Crippen LogP contribution in [0.5, 0.6) is 0 Å². The third kappa shape index (κ3) is 4.58. The number of fused-ring (bicyclic) bond motifs is 1. The number of thiophene rings is 1. The van der Waals surface area contributed by atoms with Gasteiger partial charge in [-0.25, -0.2) is 4.98 Å². The van der Waals surface area contributed by atoms with E-state index in [2.05, 4.69) is 9.97 Å². The minimum Gasteiger partial charge on any atom is -0.250 e. The van der Waals surface area contributed by atoms with E-state index in [4.69, 9.17) is 0 Å². The second-order valence-corrected chi connectivity index (χ2v) is 9.75. The number of thioether (sulfide) groups is 1. The van der Waals surface area contributed by atoms with Gasteiger partial charge in [-0.1, -0.05) is 19.1 Å². The molecule has 0 saturated heterocycles. The van der Waals surface area contributed by atoms with Gasteiger partial charge in [0.15, 0.2) is 0 Å². The zero-order valence-corrected chi connectivity index (χ0v) is 18.1. The predicted molar refractivity (Wildman–Crippen MR) is 113 cm³/mol. The van der Waals surface area contributed by atoms with Gasteiger partial charge in [-0.05, 0) is 35.6 Å². The van der Waals surface area contributed by atoms with Crippen LogP contribution in [0.15, 0.2) is 47.5 Å². The number of hydrogen-bond donors (Lipinski definition) is 0. The fourth-order valence-electron chi connectivity index (χ4n) is 2.84. The highest BCUT2D eigenvalue weighted by atomic mass is 32.2. The lowest BCUT2D eigenvalue weighted by Gasteiger charge is -2.06. The first-order valence-corrected chi connectivity index (χ1v) is 11.5. The van der Waals surface area contributed by atoms with Crippen molar-refractivity contribution in [1.29, 1.82) is 0 Å². The van der Waals surface area contributed by atoms with E-state index in [1.165, 1.54) is 46.6 Å². The maximum absolute atomic E-state index is 12.9. The van der Waals surface area contributed by atoms with Gasteiger partial charge in [0.25, 0.3) is 0 Å². The highest BCUT2D eigenvalue weighted by molar-refractivity contribution is 7.99. The lowest BCUT2D eigenvalue weighted by atomic mass is 10.1. The number of halogens is 6. The Hall–Kier alpha value is -2.11. The lowest BCUT2D eigenvalue weighted by molar-refractivity contribution is -0.141. The van der Waals surface area contributed by atoms with Gasteiger partial charge < -0.3 is 0 Å². The standard InChI is InChI=1S/C20H12F6N2S3/c1-2-29-14-8-13(10-3-5-11(6-4-10)19(21,22)23)30-17(14)18-28-12-7-16(20(24,25)26)27-9-15(12)31-18/h3-9H,2H2,1H3. The summed E-state index contributed by atoms with van der Waals surface area (Å²) in [5, 5.41) is 0.551. The molecule has 1 aromatic carbocycles. The second-order valence-electron chi connectivity index (χ2n) is 6.37. The summed E-state index contributed by atoms with van der Waals surface area (Å²) in [6.45, 7) is 1.96. The van der Waals surface area contributed by atoms with Gasteiger partial charge in [0.2, 0.25) is 0 Å². The number of hydrogen-bond acceptors (Lipinski definition) is 5. The molecule has 0 atom stereocenters. The van der Waals surface area contributed by atoms with Gasteiger partial charge >= 0.3 is 12.4 Å². The van der Waals surface area contributed by atoms with Crippen molar-refractivity contribution in [1.82, 2.24) is 9.97 Å². The molecule has 0 aliphatic heterocycles. The summed E-state index contributed by atoms with van der Waals surface area (Å²) in [6, 6.07) is 7.69. The van der Waals surface area contributed by atoms with Gasteiger partial charge in [0.1, 0.15) is 10.7 Å². The fraction of sp³-hybridized carbons (Fsp3) is 0.200. The van der Waals surface area contributed by atoms with E-state index in [-0.39, 0.29) is 5.52 Å². The number of alkyl halides is 6. The van der Waals surface area contributed by atoms with Crippen molar-refractivity contribution in [2.24, 2.45) is 0 Å². The topological polar surface area (TPSA) is 25.8 Å². The second kappa shape index (κ2) is 8.10. The molecule has 0 saturated carbocycles. The van der Waals surface area contributed by atoms with Crippen LogP contribution in [0.3, 0.4) is 0 Å². The summed E-state index contributed by atoms with van der Waals surface area (Å²) in [4.78, 5) is 10.3. The molecule has 31 heavy (non-hydrogen) atoms. The van der Waals surface area contributed by atoms with E-state index >= 15 is 0 Å². The molecule has 11 heteroatoms. The molecule has 0 N–H and O–H groups in total. The van der Waals surface area contributed by atoms with E-state index in [0.29, 0.717) is 15.3 Å². The van der Waals surface area contributed by atoms with Crippen LogP contribution < -0.4 is 0 Å². The molecule has 2 nitrogen and oxygen atoms in total. The first-order chi connectivity index (χ1) is 14.6. The van der Waals surface area contributed by atoms with E-state index in [9.17, 15) is 26.3 Å². The van der Waals surface area contributed by atoms with E-state index in [0.717, 1.165) is 44.8 Å². The van der Waals surface area contributed by atoms with Gasteiger partial charge in [-0.15, -0.1) is 34.4 Å². The van der Waals surface area contributed by atoms with Crippen LogP contribution in [0.4, 0.5) is 26.3 Å². The summed E-state index contributed by atoms with van der Waals surface area (Å²) in [6.07, 6.45) is -7.80. The molecule has 0 unspecified atom stereocenters. The van der Waals surface area contributed by atoms with Crippen LogP contribution in [0, 0.1) is 0 Å². The first-order valence-electron chi connectivity index (χ1n) is 8.84. The van der Waals surface area contributed by atoms with Crippen LogP contribution in [0.25, 0.3) is 30.5 Å². The average molecular weight is 491 g/mol. The molecule has 0 radical (unpaired) electrons. The minimum atomic E-state index is -4.56. The molecule has 3 heterocycles. The minimum absolute atomic E-state index is 0.208. The zero-order chi connectivity index (χ0) is 22.4. The van der Waals surface area contributed by atoms with Crippen molar-refractivity contribution in [3.8, 4) is 20.3 Å². The molecule has 4 rings (SSSR count). The van der Waals surface area contributed by atoms with Crippen molar-refractivity contribution >= 4 is 44.7 Å². The Kier molecular flexibility index (Phi) is 5.78. The highest BCUT2D eigenvalue weighted by Crippen LogP contribution is 2.45. The predicted octanol–water partition coefficient (Wildman–Crippen LogP) is 8.24. The van der Waals surface area contributed by atoms with E-state index in [1.807, 2.05) is 13.0 Å². The van der Waals surface area contributed by atoms with Crippen molar-refractivity contribution in [2.45, 2.75) is 24.2 Å². The molecule has 0 aliphatic carbocycles. The number of rotatable bonds is 4. The van der Waals surface area contributed by atoms with E-state index in [1.54, 1.807) is 0 Å². The van der Waals surface area contributed by atoms with Crippen LogP contribution in [-0.4, -0.2) is 15.7 Å². The van der Waals surface area contributed by atoms with Crippen molar-refractivity contribution in [3.05, 3.63) is 53.9 Å². The molecule has 0 aliphatic rings. The number of thiazole rings is 1. The molecule has 0 bridgehead atoms. The molecule has 3 aromatic heterocycles. The van der Waals surface area contributed by atoms with Gasteiger partial charge in [-0.3, -0.25) is 4.98 Å². The summed E-state index contributed by atoms with van der Waals surface area (Å²) in [5.74, 6) is 0.751. The SMILES string of the molecule is CCSc1cc(-c2ccc(C(F)(F)F)cc2)sc1-c1nc2cc(C(F)(F)F)ncc2s1. The molecule has 0 spiro atoms. The lowest BCUT2D eigenvalue weighted by Crippen LogP contribution is -2.06. The van der Waals surface area contributed by atoms with Gasteiger partial charge in [0, 0.05) is 16.0 Å². The van der Waals surface area contributed by atoms with Gasteiger partial charge in [0.05, 0.1) is 20.7 Å². The van der Waals surface area contributed by atoms with Crippen LogP contribution in [-0.2, 0) is 12.4 Å². The average Bonchev–Trinajstić information content (AvgIpc) is 3.30. The zero-order valence-electron chi connectivity index (χ0n) is 15.6. The monoisotopic (exact) mass is 490 g/mol. The Morgan fingerprint density at radius 3 is 2.26 bits per heavy atom. The Morgan fingerprint density at radius 1 is 0.935 bits per heavy atom. The Morgan fingerprint density at radius 2 is 1.65 bits per heavy atom. The summed E-state index contributed by atoms with van der Waals surface area (Å²) in [5.41, 5.74) is -0.893. The Labute approximate surface area is 185 Å². The number of nitrogens with zero attached hydrogens (tertiary/aromatic N) is 2. The number of aromatic nitrogens is 2. The van der Waals surface area contributed by atoms with Crippen molar-refractivity contribution in [3.63, 3.8) is 0 Å². The Balaban J connectivity index is 1.75. The summed E-state index contributed by atoms with van der Waals surface area (Å²) < 4.78 is 77.9.